The highest BCUT2D eigenvalue weighted by molar-refractivity contribution is 9.10. The number of rotatable bonds is 5. The van der Waals surface area contributed by atoms with Crippen molar-refractivity contribution in [2.45, 2.75) is 26.1 Å². The van der Waals surface area contributed by atoms with Gasteiger partial charge in [0.2, 0.25) is 0 Å². The highest BCUT2D eigenvalue weighted by Crippen LogP contribution is 2.19. The maximum Gasteiger partial charge on any atom is 0.253 e. The first-order valence-corrected chi connectivity index (χ1v) is 8.07. The van der Waals surface area contributed by atoms with Gasteiger partial charge in [0.15, 0.2) is 0 Å². The molecule has 1 aromatic rings. The summed E-state index contributed by atoms with van der Waals surface area (Å²) in [5.74, 6) is 0.339. The van der Waals surface area contributed by atoms with Crippen molar-refractivity contribution in [2.24, 2.45) is 5.92 Å². The number of likely N-dealkylation sites (N-methyl/N-ethyl adjacent to an activating group) is 1. The van der Waals surface area contributed by atoms with Gasteiger partial charge in [-0.1, -0.05) is 29.8 Å². The van der Waals surface area contributed by atoms with Gasteiger partial charge < -0.3 is 4.90 Å². The van der Waals surface area contributed by atoms with Crippen LogP contribution in [-0.2, 0) is 0 Å². The molecule has 1 unspecified atom stereocenters. The molecule has 1 atom stereocenters. The van der Waals surface area contributed by atoms with Gasteiger partial charge in [-0.15, -0.1) is 0 Å². The molecule has 0 saturated carbocycles. The number of nitrogens with zero attached hydrogens (tertiary/aromatic N) is 2. The number of benzene rings is 1. The zero-order chi connectivity index (χ0) is 15.6. The Labute approximate surface area is 134 Å². The van der Waals surface area contributed by atoms with Crippen LogP contribution in [0.25, 0.3) is 0 Å². The second-order valence-corrected chi connectivity index (χ2v) is 6.97. The Morgan fingerprint density at radius 1 is 1.38 bits per heavy atom. The Morgan fingerprint density at radius 3 is 2.43 bits per heavy atom. The quantitative estimate of drug-likeness (QED) is 0.808. The largest absolute Gasteiger partial charge is 0.337 e. The van der Waals surface area contributed by atoms with E-state index in [1.807, 2.05) is 31.3 Å². The molecule has 1 aliphatic rings. The molecule has 1 heterocycles. The van der Waals surface area contributed by atoms with Crippen LogP contribution >= 0.6 is 15.9 Å². The van der Waals surface area contributed by atoms with E-state index in [1.54, 1.807) is 4.90 Å². The fourth-order valence-electron chi connectivity index (χ4n) is 2.65. The van der Waals surface area contributed by atoms with Gasteiger partial charge in [0.25, 0.3) is 5.91 Å². The number of hydrogen-bond donors (Lipinski definition) is 0. The first kappa shape index (κ1) is 16.4. The topological polar surface area (TPSA) is 23.6 Å². The molecule has 1 amide bonds. The number of hydrogen-bond acceptors (Lipinski definition) is 2. The van der Waals surface area contributed by atoms with Crippen LogP contribution in [0.15, 0.2) is 28.7 Å². The summed E-state index contributed by atoms with van der Waals surface area (Å²) in [5.41, 5.74) is 0.679. The van der Waals surface area contributed by atoms with Crippen molar-refractivity contribution in [3.8, 4) is 0 Å². The van der Waals surface area contributed by atoms with Crippen molar-refractivity contribution < 1.29 is 9.18 Å². The van der Waals surface area contributed by atoms with E-state index in [4.69, 9.17) is 0 Å². The van der Waals surface area contributed by atoms with Crippen molar-refractivity contribution >= 4 is 21.8 Å². The minimum atomic E-state index is -0.703. The number of amides is 1. The lowest BCUT2D eigenvalue weighted by molar-refractivity contribution is 0.0277. The summed E-state index contributed by atoms with van der Waals surface area (Å²) in [7, 11) is 1.84. The molecule has 5 heteroatoms. The highest BCUT2D eigenvalue weighted by Gasteiger charge is 2.32. The average Bonchev–Trinajstić information content (AvgIpc) is 2.41. The molecular weight excluding hydrogens is 335 g/mol. The van der Waals surface area contributed by atoms with E-state index in [9.17, 15) is 9.18 Å². The lowest BCUT2D eigenvalue weighted by atomic mass is 9.99. The normalized spacial score (nSPS) is 17.6. The molecule has 0 aliphatic carbocycles. The van der Waals surface area contributed by atoms with Crippen molar-refractivity contribution in [1.29, 1.82) is 0 Å². The fraction of sp³-hybridized carbons (Fsp3) is 0.562. The third-order valence-electron chi connectivity index (χ3n) is 4.04. The maximum absolute atomic E-state index is 13.0. The number of carbonyl (C=O) groups excluding carboxylic acids is 1. The summed E-state index contributed by atoms with van der Waals surface area (Å²) < 4.78 is 13.9. The molecule has 3 nitrogen and oxygen atoms in total. The summed E-state index contributed by atoms with van der Waals surface area (Å²) in [6.45, 7) is 5.91. The molecule has 0 bridgehead atoms. The molecule has 0 aromatic heterocycles. The van der Waals surface area contributed by atoms with Crippen LogP contribution in [0.4, 0.5) is 4.39 Å². The lowest BCUT2D eigenvalue weighted by Gasteiger charge is -2.41. The summed E-state index contributed by atoms with van der Waals surface area (Å²) in [4.78, 5) is 16.4. The van der Waals surface area contributed by atoms with E-state index in [1.165, 1.54) is 0 Å². The molecule has 0 N–H and O–H groups in total. The van der Waals surface area contributed by atoms with Gasteiger partial charge in [0, 0.05) is 42.8 Å². The van der Waals surface area contributed by atoms with E-state index in [2.05, 4.69) is 34.7 Å². The van der Waals surface area contributed by atoms with Crippen molar-refractivity contribution in [3.63, 3.8) is 0 Å². The standard InChI is InChI=1S/C16H22BrFN2O/c1-11(2)15(10-20-8-14(18)9-20)19(3)16(21)12-4-6-13(17)7-5-12/h4-7,11,14-15H,8-10H2,1-3H3. The van der Waals surface area contributed by atoms with Crippen molar-refractivity contribution in [1.82, 2.24) is 9.80 Å². The lowest BCUT2D eigenvalue weighted by Crippen LogP contribution is -2.55. The van der Waals surface area contributed by atoms with Gasteiger partial charge in [0.1, 0.15) is 6.17 Å². The van der Waals surface area contributed by atoms with Gasteiger partial charge in [-0.25, -0.2) is 4.39 Å². The molecule has 1 saturated heterocycles. The smallest absolute Gasteiger partial charge is 0.253 e. The van der Waals surface area contributed by atoms with E-state index < -0.39 is 6.17 Å². The van der Waals surface area contributed by atoms with Gasteiger partial charge >= 0.3 is 0 Å². The summed E-state index contributed by atoms with van der Waals surface area (Å²) in [6, 6.07) is 7.47. The molecular formula is C16H22BrFN2O. The summed E-state index contributed by atoms with van der Waals surface area (Å²) in [6.07, 6.45) is -0.703. The van der Waals surface area contributed by atoms with E-state index >= 15 is 0 Å². The Bertz CT molecular complexity index is 486. The predicted octanol–water partition coefficient (Wildman–Crippen LogP) is 3.20. The molecule has 0 radical (unpaired) electrons. The maximum atomic E-state index is 13.0. The van der Waals surface area contributed by atoms with Crippen LogP contribution in [0, 0.1) is 5.92 Å². The number of halogens is 2. The highest BCUT2D eigenvalue weighted by atomic mass is 79.9. The third kappa shape index (κ3) is 4.04. The van der Waals surface area contributed by atoms with E-state index in [0.29, 0.717) is 24.6 Å². The molecule has 21 heavy (non-hydrogen) atoms. The summed E-state index contributed by atoms with van der Waals surface area (Å²) >= 11 is 3.37. The number of carbonyl (C=O) groups is 1. The first-order valence-electron chi connectivity index (χ1n) is 7.27. The zero-order valence-electron chi connectivity index (χ0n) is 12.7. The number of likely N-dealkylation sites (tertiary alicyclic amines) is 1. The van der Waals surface area contributed by atoms with Gasteiger partial charge in [-0.05, 0) is 30.2 Å². The Morgan fingerprint density at radius 2 is 1.95 bits per heavy atom. The fourth-order valence-corrected chi connectivity index (χ4v) is 2.91. The number of alkyl halides is 1. The molecule has 116 valence electrons. The van der Waals surface area contributed by atoms with Crippen LogP contribution in [0.3, 0.4) is 0 Å². The molecule has 1 aromatic carbocycles. The van der Waals surface area contributed by atoms with Crippen molar-refractivity contribution in [2.75, 3.05) is 26.7 Å². The van der Waals surface area contributed by atoms with Crippen molar-refractivity contribution in [3.05, 3.63) is 34.3 Å². The average molecular weight is 357 g/mol. The minimum absolute atomic E-state index is 0.0125. The zero-order valence-corrected chi connectivity index (χ0v) is 14.3. The Hall–Kier alpha value is -0.940. The second kappa shape index (κ2) is 6.88. The minimum Gasteiger partial charge on any atom is -0.337 e. The van der Waals surface area contributed by atoms with Gasteiger partial charge in [-0.2, -0.15) is 0 Å². The Balaban J connectivity index is 2.04. The van der Waals surface area contributed by atoms with E-state index in [-0.39, 0.29) is 11.9 Å². The van der Waals surface area contributed by atoms with Gasteiger partial charge in [-0.3, -0.25) is 9.69 Å². The monoisotopic (exact) mass is 356 g/mol. The molecule has 0 spiro atoms. The molecule has 1 fully saturated rings. The van der Waals surface area contributed by atoms with Gasteiger partial charge in [0.05, 0.1) is 0 Å². The third-order valence-corrected chi connectivity index (χ3v) is 4.57. The van der Waals surface area contributed by atoms with Crippen LogP contribution in [-0.4, -0.2) is 54.6 Å². The molecule has 1 aliphatic heterocycles. The summed E-state index contributed by atoms with van der Waals surface area (Å²) in [5, 5.41) is 0. The molecule has 2 rings (SSSR count). The van der Waals surface area contributed by atoms with Crippen LogP contribution in [0.2, 0.25) is 0 Å². The van der Waals surface area contributed by atoms with E-state index in [0.717, 1.165) is 11.0 Å². The SMILES string of the molecule is CC(C)C(CN1CC(F)C1)N(C)C(=O)c1ccc(Br)cc1. The Kier molecular flexibility index (Phi) is 5.38. The van der Waals surface area contributed by atoms with Crippen LogP contribution < -0.4 is 0 Å². The predicted molar refractivity (Wildman–Crippen MR) is 86.2 cm³/mol. The first-order chi connectivity index (χ1) is 9.88. The van der Waals surface area contributed by atoms with Crippen LogP contribution in [0.5, 0.6) is 0 Å². The van der Waals surface area contributed by atoms with Crippen LogP contribution in [0.1, 0.15) is 24.2 Å². The second-order valence-electron chi connectivity index (χ2n) is 6.05.